The lowest BCUT2D eigenvalue weighted by Crippen LogP contribution is -1.84. The Balaban J connectivity index is 2.83. The molecule has 2 aromatic heterocycles. The third-order valence-corrected chi connectivity index (χ3v) is 2.82. The van der Waals surface area contributed by atoms with E-state index >= 15 is 0 Å². The van der Waals surface area contributed by atoms with E-state index in [0.717, 1.165) is 8.62 Å². The van der Waals surface area contributed by atoms with E-state index < -0.39 is 0 Å². The van der Waals surface area contributed by atoms with E-state index in [4.69, 9.17) is 0 Å². The zero-order chi connectivity index (χ0) is 7.14. The molecule has 2 aromatic rings. The van der Waals surface area contributed by atoms with Crippen LogP contribution in [0.1, 0.15) is 0 Å². The number of hydrogen-bond acceptors (Lipinski definition) is 2. The van der Waals surface area contributed by atoms with Gasteiger partial charge in [-0.1, -0.05) is 0 Å². The van der Waals surface area contributed by atoms with E-state index in [1.807, 2.05) is 17.9 Å². The summed E-state index contributed by atoms with van der Waals surface area (Å²) in [5, 5.41) is 5.45. The minimum absolute atomic E-state index is 1.09. The highest BCUT2D eigenvalue weighted by atomic mass is 79.9. The maximum absolute atomic E-state index is 4.24. The molecule has 0 aliphatic heterocycles. The predicted molar refractivity (Wildman–Crippen MR) is 46.3 cm³/mol. The van der Waals surface area contributed by atoms with Crippen LogP contribution in [0.3, 0.4) is 0 Å². The van der Waals surface area contributed by atoms with Gasteiger partial charge in [0.15, 0.2) is 0 Å². The van der Waals surface area contributed by atoms with E-state index in [2.05, 4.69) is 27.1 Å². The second-order valence-corrected chi connectivity index (χ2v) is 4.52. The van der Waals surface area contributed by atoms with Gasteiger partial charge in [0, 0.05) is 18.6 Å². The number of fused-ring (bicyclic) bond motifs is 1. The fourth-order valence-electron chi connectivity index (χ4n) is 0.909. The van der Waals surface area contributed by atoms with E-state index in [1.54, 1.807) is 11.3 Å². The Labute approximate surface area is 70.6 Å². The van der Waals surface area contributed by atoms with Crippen LogP contribution in [0, 0.1) is 0 Å². The molecule has 10 heavy (non-hydrogen) atoms. The zero-order valence-electron chi connectivity index (χ0n) is 5.34. The number of rotatable bonds is 0. The molecule has 0 fully saturated rings. The quantitative estimate of drug-likeness (QED) is 0.662. The number of aromatic nitrogens is 2. The molecule has 0 aliphatic carbocycles. The van der Waals surface area contributed by atoms with Crippen molar-refractivity contribution in [3.05, 3.63) is 16.0 Å². The number of halogens is 1. The Morgan fingerprint density at radius 2 is 2.50 bits per heavy atom. The Hall–Kier alpha value is -0.350. The molecule has 4 heteroatoms. The average molecular weight is 217 g/mol. The molecule has 0 aromatic carbocycles. The van der Waals surface area contributed by atoms with Gasteiger partial charge >= 0.3 is 0 Å². The molecule has 0 saturated carbocycles. The number of nitrogens with zero attached hydrogens (tertiary/aromatic N) is 2. The second kappa shape index (κ2) is 2.07. The summed E-state index contributed by atoms with van der Waals surface area (Å²) in [4.78, 5) is 1.09. The normalized spacial score (nSPS) is 11.0. The Bertz CT molecular complexity index is 300. The fourth-order valence-corrected chi connectivity index (χ4v) is 2.39. The van der Waals surface area contributed by atoms with Crippen molar-refractivity contribution in [3.8, 4) is 0 Å². The lowest BCUT2D eigenvalue weighted by Gasteiger charge is -1.80. The molecule has 2 rings (SSSR count). The van der Waals surface area contributed by atoms with Gasteiger partial charge in [-0.05, 0) is 22.0 Å². The molecule has 0 bridgehead atoms. The Morgan fingerprint density at radius 1 is 1.70 bits per heavy atom. The predicted octanol–water partition coefficient (Wildman–Crippen LogP) is 2.40. The Kier molecular flexibility index (Phi) is 1.32. The first kappa shape index (κ1) is 6.37. The van der Waals surface area contributed by atoms with Crippen molar-refractivity contribution in [2.24, 2.45) is 7.05 Å². The fraction of sp³-hybridized carbons (Fsp3) is 0.167. The van der Waals surface area contributed by atoms with Gasteiger partial charge in [-0.15, -0.1) is 11.3 Å². The number of thiophene rings is 1. The number of aryl methyl sites for hydroxylation is 1. The van der Waals surface area contributed by atoms with Crippen molar-refractivity contribution >= 4 is 37.5 Å². The van der Waals surface area contributed by atoms with Crippen molar-refractivity contribution in [2.45, 2.75) is 0 Å². The molecular weight excluding hydrogens is 212 g/mol. The highest BCUT2D eigenvalue weighted by Gasteiger charge is 2.01. The Morgan fingerprint density at radius 3 is 3.20 bits per heavy atom. The summed E-state index contributed by atoms with van der Waals surface area (Å²) in [6, 6.07) is 2.08. The van der Waals surface area contributed by atoms with Crippen molar-refractivity contribution in [2.75, 3.05) is 0 Å². The maximum atomic E-state index is 4.24. The lowest BCUT2D eigenvalue weighted by molar-refractivity contribution is 0.781. The summed E-state index contributed by atoms with van der Waals surface area (Å²) in [5.41, 5.74) is 0. The van der Waals surface area contributed by atoms with Crippen LogP contribution < -0.4 is 0 Å². The van der Waals surface area contributed by atoms with Gasteiger partial charge < -0.3 is 0 Å². The first-order valence-electron chi connectivity index (χ1n) is 2.84. The molecule has 2 nitrogen and oxygen atoms in total. The molecule has 0 amide bonds. The summed E-state index contributed by atoms with van der Waals surface area (Å²) in [6.07, 6.45) is 2.01. The van der Waals surface area contributed by atoms with Gasteiger partial charge in [-0.2, -0.15) is 5.10 Å². The molecular formula is C6H5BrN2S. The number of hydrogen-bond donors (Lipinski definition) is 0. The van der Waals surface area contributed by atoms with Crippen molar-refractivity contribution in [1.82, 2.24) is 9.78 Å². The van der Waals surface area contributed by atoms with Crippen LogP contribution in [0.15, 0.2) is 16.0 Å². The van der Waals surface area contributed by atoms with Crippen LogP contribution in [0.5, 0.6) is 0 Å². The summed E-state index contributed by atoms with van der Waals surface area (Å²) in [7, 11) is 1.93. The smallest absolute Gasteiger partial charge is 0.146 e. The van der Waals surface area contributed by atoms with Gasteiger partial charge in [0.2, 0.25) is 0 Å². The molecule has 52 valence electrons. The van der Waals surface area contributed by atoms with Gasteiger partial charge in [0.1, 0.15) is 4.83 Å². The minimum Gasteiger partial charge on any atom is -0.274 e. The van der Waals surface area contributed by atoms with Crippen molar-refractivity contribution in [1.29, 1.82) is 0 Å². The SMILES string of the molecule is Cn1cc2cc(Br)sc2n1. The van der Waals surface area contributed by atoms with Gasteiger partial charge in [-0.3, -0.25) is 4.68 Å². The van der Waals surface area contributed by atoms with Crippen LogP contribution in [-0.2, 0) is 7.05 Å². The van der Waals surface area contributed by atoms with Crippen molar-refractivity contribution in [3.63, 3.8) is 0 Å². The monoisotopic (exact) mass is 216 g/mol. The average Bonchev–Trinajstić information content (AvgIpc) is 2.21. The third kappa shape index (κ3) is 0.876. The highest BCUT2D eigenvalue weighted by molar-refractivity contribution is 9.11. The van der Waals surface area contributed by atoms with Gasteiger partial charge in [0.05, 0.1) is 3.79 Å². The first-order valence-corrected chi connectivity index (χ1v) is 4.45. The molecule has 0 N–H and O–H groups in total. The topological polar surface area (TPSA) is 17.8 Å². The maximum Gasteiger partial charge on any atom is 0.146 e. The molecule has 0 radical (unpaired) electrons. The molecule has 0 aliphatic rings. The summed E-state index contributed by atoms with van der Waals surface area (Å²) >= 11 is 5.06. The first-order chi connectivity index (χ1) is 4.75. The standard InChI is InChI=1S/C6H5BrN2S/c1-9-3-4-2-5(7)10-6(4)8-9/h2-3H,1H3. The lowest BCUT2D eigenvalue weighted by atomic mass is 10.5. The molecule has 2 heterocycles. The van der Waals surface area contributed by atoms with E-state index in [0.29, 0.717) is 0 Å². The van der Waals surface area contributed by atoms with Crippen LogP contribution >= 0.6 is 27.3 Å². The molecule has 0 unspecified atom stereocenters. The van der Waals surface area contributed by atoms with Gasteiger partial charge in [0.25, 0.3) is 0 Å². The second-order valence-electron chi connectivity index (χ2n) is 2.11. The molecule has 0 saturated heterocycles. The van der Waals surface area contributed by atoms with Crippen LogP contribution in [0.4, 0.5) is 0 Å². The molecule has 0 atom stereocenters. The summed E-state index contributed by atoms with van der Waals surface area (Å²) in [5.74, 6) is 0. The third-order valence-electron chi connectivity index (χ3n) is 1.28. The zero-order valence-corrected chi connectivity index (χ0v) is 7.74. The summed E-state index contributed by atoms with van der Waals surface area (Å²) < 4.78 is 2.97. The van der Waals surface area contributed by atoms with E-state index in [9.17, 15) is 0 Å². The highest BCUT2D eigenvalue weighted by Crippen LogP contribution is 2.27. The van der Waals surface area contributed by atoms with Crippen LogP contribution in [-0.4, -0.2) is 9.78 Å². The van der Waals surface area contributed by atoms with Crippen LogP contribution in [0.25, 0.3) is 10.2 Å². The minimum atomic E-state index is 1.09. The van der Waals surface area contributed by atoms with Gasteiger partial charge in [-0.25, -0.2) is 0 Å². The summed E-state index contributed by atoms with van der Waals surface area (Å²) in [6.45, 7) is 0. The van der Waals surface area contributed by atoms with E-state index in [-0.39, 0.29) is 0 Å². The van der Waals surface area contributed by atoms with E-state index in [1.165, 1.54) is 5.39 Å². The van der Waals surface area contributed by atoms with Crippen molar-refractivity contribution < 1.29 is 0 Å². The largest absolute Gasteiger partial charge is 0.274 e. The van der Waals surface area contributed by atoms with Crippen LogP contribution in [0.2, 0.25) is 0 Å². The molecule has 0 spiro atoms.